The van der Waals surface area contributed by atoms with Gasteiger partial charge in [0.2, 0.25) is 0 Å². The molecule has 6 heteroatoms. The number of non-ortho nitro benzene ring substituents is 1. The van der Waals surface area contributed by atoms with Crippen molar-refractivity contribution >= 4 is 11.4 Å². The lowest BCUT2D eigenvalue weighted by Gasteiger charge is -2.56. The number of ether oxygens (including phenoxy) is 1. The molecular formula is C28H31N3O3. The molecule has 3 aromatic carbocycles. The molecule has 3 aliphatic rings. The predicted molar refractivity (Wildman–Crippen MR) is 135 cm³/mol. The van der Waals surface area contributed by atoms with E-state index in [2.05, 4.69) is 77.5 Å². The molecule has 0 spiro atoms. The second kappa shape index (κ2) is 9.47. The van der Waals surface area contributed by atoms with E-state index in [-0.39, 0.29) is 28.6 Å². The molecular weight excluding hydrogens is 426 g/mol. The van der Waals surface area contributed by atoms with E-state index in [0.717, 1.165) is 31.6 Å². The van der Waals surface area contributed by atoms with E-state index >= 15 is 0 Å². The van der Waals surface area contributed by atoms with Crippen LogP contribution in [0.15, 0.2) is 78.9 Å². The third-order valence-corrected chi connectivity index (χ3v) is 7.69. The minimum absolute atomic E-state index is 0.0862. The van der Waals surface area contributed by atoms with Crippen molar-refractivity contribution in [2.75, 3.05) is 32.1 Å². The van der Waals surface area contributed by atoms with Gasteiger partial charge in [-0.25, -0.2) is 0 Å². The summed E-state index contributed by atoms with van der Waals surface area (Å²) >= 11 is 0. The molecule has 3 aliphatic heterocycles. The van der Waals surface area contributed by atoms with Gasteiger partial charge in [0.05, 0.1) is 17.7 Å². The highest BCUT2D eigenvalue weighted by molar-refractivity contribution is 5.64. The predicted octanol–water partition coefficient (Wildman–Crippen LogP) is 5.33. The molecule has 0 aromatic heterocycles. The zero-order valence-corrected chi connectivity index (χ0v) is 19.7. The largest absolute Gasteiger partial charge is 0.495 e. The lowest BCUT2D eigenvalue weighted by atomic mass is 9.70. The molecule has 2 bridgehead atoms. The van der Waals surface area contributed by atoms with Gasteiger partial charge in [0.15, 0.2) is 0 Å². The summed E-state index contributed by atoms with van der Waals surface area (Å²) in [5.41, 5.74) is 3.47. The van der Waals surface area contributed by atoms with Crippen LogP contribution in [-0.4, -0.2) is 49.2 Å². The molecule has 3 heterocycles. The Morgan fingerprint density at radius 3 is 2.09 bits per heavy atom. The van der Waals surface area contributed by atoms with Gasteiger partial charge in [0.1, 0.15) is 5.75 Å². The first-order valence-corrected chi connectivity index (χ1v) is 12.0. The Labute approximate surface area is 200 Å². The highest BCUT2D eigenvalue weighted by Gasteiger charge is 2.48. The van der Waals surface area contributed by atoms with Gasteiger partial charge in [-0.1, -0.05) is 60.7 Å². The van der Waals surface area contributed by atoms with Crippen molar-refractivity contribution in [2.24, 2.45) is 5.92 Å². The molecule has 2 atom stereocenters. The van der Waals surface area contributed by atoms with Gasteiger partial charge in [0.25, 0.3) is 5.69 Å². The summed E-state index contributed by atoms with van der Waals surface area (Å²) in [6.45, 7) is 2.17. The number of nitro benzene ring substituents is 1. The Balaban J connectivity index is 1.63. The van der Waals surface area contributed by atoms with Crippen molar-refractivity contribution in [1.82, 2.24) is 4.90 Å². The molecule has 0 amide bonds. The van der Waals surface area contributed by atoms with E-state index in [9.17, 15) is 10.1 Å². The summed E-state index contributed by atoms with van der Waals surface area (Å²) in [5, 5.41) is 11.6. The Hall–Kier alpha value is -3.38. The van der Waals surface area contributed by atoms with Crippen LogP contribution in [0.5, 0.6) is 5.75 Å². The molecule has 34 heavy (non-hydrogen) atoms. The van der Waals surface area contributed by atoms with Gasteiger partial charge in [-0.15, -0.1) is 0 Å². The minimum atomic E-state index is -0.332. The zero-order chi connectivity index (χ0) is 23.7. The molecule has 0 radical (unpaired) electrons. The molecule has 0 N–H and O–H groups in total. The number of likely N-dealkylation sites (N-methyl/N-ethyl adjacent to an activating group) is 1. The average Bonchev–Trinajstić information content (AvgIpc) is 2.90. The molecule has 3 saturated heterocycles. The lowest BCUT2D eigenvalue weighted by molar-refractivity contribution is -0.384. The number of benzene rings is 3. The first-order valence-electron chi connectivity index (χ1n) is 12.0. The summed E-state index contributed by atoms with van der Waals surface area (Å²) in [6, 6.07) is 26.8. The highest BCUT2D eigenvalue weighted by Crippen LogP contribution is 2.46. The maximum Gasteiger partial charge on any atom is 0.271 e. The Kier molecular flexibility index (Phi) is 6.24. The van der Waals surface area contributed by atoms with Crippen LogP contribution >= 0.6 is 0 Å². The van der Waals surface area contributed by atoms with Gasteiger partial charge < -0.3 is 9.64 Å². The molecule has 0 aliphatic carbocycles. The molecule has 176 valence electrons. The minimum Gasteiger partial charge on any atom is -0.495 e. The third kappa shape index (κ3) is 4.03. The number of fused-ring (bicyclic) bond motifs is 3. The molecule has 6 rings (SSSR count). The number of hydrogen-bond acceptors (Lipinski definition) is 5. The number of nitro groups is 1. The normalized spacial score (nSPS) is 23.6. The SMILES string of the molecule is COc1ccc([N+](=O)[O-])cc1N(C)[C@@H]1C2CCN(CC2)[C@@H]1C(c1ccccc1)c1ccccc1. The van der Waals surface area contributed by atoms with Crippen LogP contribution in [-0.2, 0) is 0 Å². The van der Waals surface area contributed by atoms with E-state index in [0.29, 0.717) is 11.7 Å². The first kappa shape index (κ1) is 22.4. The van der Waals surface area contributed by atoms with E-state index in [4.69, 9.17) is 4.74 Å². The zero-order valence-electron chi connectivity index (χ0n) is 19.7. The van der Waals surface area contributed by atoms with Crippen LogP contribution in [0.4, 0.5) is 11.4 Å². The molecule has 3 aromatic rings. The van der Waals surface area contributed by atoms with Gasteiger partial charge in [-0.3, -0.25) is 15.0 Å². The van der Waals surface area contributed by atoms with E-state index in [1.807, 2.05) is 0 Å². The van der Waals surface area contributed by atoms with Crippen LogP contribution in [0, 0.1) is 16.0 Å². The van der Waals surface area contributed by atoms with Crippen LogP contribution in [0.1, 0.15) is 29.9 Å². The summed E-state index contributed by atoms with van der Waals surface area (Å²) in [6.07, 6.45) is 2.28. The maximum absolute atomic E-state index is 11.6. The number of hydrogen-bond donors (Lipinski definition) is 0. The van der Waals surface area contributed by atoms with Crippen molar-refractivity contribution in [2.45, 2.75) is 30.8 Å². The molecule has 6 nitrogen and oxygen atoms in total. The second-order valence-electron chi connectivity index (χ2n) is 9.38. The molecule has 0 unspecified atom stereocenters. The van der Waals surface area contributed by atoms with E-state index in [1.54, 1.807) is 19.2 Å². The van der Waals surface area contributed by atoms with Gasteiger partial charge in [-0.05, 0) is 49.0 Å². The number of methoxy groups -OCH3 is 1. The van der Waals surface area contributed by atoms with E-state index in [1.165, 1.54) is 17.2 Å². The van der Waals surface area contributed by atoms with Crippen molar-refractivity contribution in [3.05, 3.63) is 100 Å². The highest BCUT2D eigenvalue weighted by atomic mass is 16.6. The third-order valence-electron chi connectivity index (χ3n) is 7.69. The van der Waals surface area contributed by atoms with Crippen molar-refractivity contribution in [1.29, 1.82) is 0 Å². The van der Waals surface area contributed by atoms with Crippen LogP contribution in [0.25, 0.3) is 0 Å². The Morgan fingerprint density at radius 2 is 1.56 bits per heavy atom. The standard InChI is InChI=1S/C28H31N3O3/c1-29(24-19-23(31(32)33)13-14-25(24)34-2)27-22-15-17-30(18-16-22)28(27)26(20-9-5-3-6-10-20)21-11-7-4-8-12-21/h3-14,19,22,26-28H,15-18H2,1-2H3/t27-,28-/m1/s1. The average molecular weight is 458 g/mol. The molecule has 0 saturated carbocycles. The quantitative estimate of drug-likeness (QED) is 0.354. The topological polar surface area (TPSA) is 58.9 Å². The van der Waals surface area contributed by atoms with Gasteiger partial charge in [0, 0.05) is 37.2 Å². The van der Waals surface area contributed by atoms with Crippen molar-refractivity contribution < 1.29 is 9.66 Å². The van der Waals surface area contributed by atoms with Crippen LogP contribution in [0.2, 0.25) is 0 Å². The summed E-state index contributed by atoms with van der Waals surface area (Å²) in [5.74, 6) is 1.38. The smallest absolute Gasteiger partial charge is 0.271 e. The Morgan fingerprint density at radius 1 is 0.971 bits per heavy atom. The Bertz CT molecular complexity index is 1090. The number of anilines is 1. The van der Waals surface area contributed by atoms with E-state index < -0.39 is 0 Å². The first-order chi connectivity index (χ1) is 16.6. The fraction of sp³-hybridized carbons (Fsp3) is 0.357. The van der Waals surface area contributed by atoms with Crippen LogP contribution < -0.4 is 9.64 Å². The van der Waals surface area contributed by atoms with Crippen molar-refractivity contribution in [3.8, 4) is 5.75 Å². The summed E-state index contributed by atoms with van der Waals surface area (Å²) in [7, 11) is 3.71. The van der Waals surface area contributed by atoms with Gasteiger partial charge >= 0.3 is 0 Å². The monoisotopic (exact) mass is 457 g/mol. The van der Waals surface area contributed by atoms with Crippen molar-refractivity contribution in [3.63, 3.8) is 0 Å². The summed E-state index contributed by atoms with van der Waals surface area (Å²) < 4.78 is 5.66. The van der Waals surface area contributed by atoms with Gasteiger partial charge in [-0.2, -0.15) is 0 Å². The number of piperidine rings is 3. The second-order valence-corrected chi connectivity index (χ2v) is 9.38. The molecule has 3 fully saturated rings. The number of nitrogens with zero attached hydrogens (tertiary/aromatic N) is 3. The number of rotatable bonds is 7. The van der Waals surface area contributed by atoms with Crippen LogP contribution in [0.3, 0.4) is 0 Å². The fourth-order valence-electron chi connectivity index (χ4n) is 6.14. The fourth-order valence-corrected chi connectivity index (χ4v) is 6.14. The maximum atomic E-state index is 11.6. The lowest BCUT2D eigenvalue weighted by Crippen LogP contribution is -2.65. The summed E-state index contributed by atoms with van der Waals surface area (Å²) in [4.78, 5) is 16.1.